The fourth-order valence-corrected chi connectivity index (χ4v) is 2.52. The monoisotopic (exact) mass is 339 g/mol. The van der Waals surface area contributed by atoms with E-state index in [9.17, 15) is 13.2 Å². The van der Waals surface area contributed by atoms with Gasteiger partial charge in [-0.05, 0) is 24.3 Å². The molecule has 1 aromatic heterocycles. The molecule has 0 saturated heterocycles. The third kappa shape index (κ3) is 4.19. The van der Waals surface area contributed by atoms with Crippen LogP contribution in [0.15, 0.2) is 41.6 Å². The number of carbonyl (C=O) groups is 1. The minimum absolute atomic E-state index is 0.0865. The lowest BCUT2D eigenvalue weighted by Crippen LogP contribution is -2.09. The lowest BCUT2D eigenvalue weighted by atomic mass is 10.3. The molecule has 0 spiro atoms. The van der Waals surface area contributed by atoms with Crippen LogP contribution in [0.5, 0.6) is 0 Å². The van der Waals surface area contributed by atoms with Crippen molar-refractivity contribution in [3.63, 3.8) is 0 Å². The Hall–Kier alpha value is -2.12. The Morgan fingerprint density at radius 3 is 2.73 bits per heavy atom. The highest BCUT2D eigenvalue weighted by Gasteiger charge is 2.11. The Morgan fingerprint density at radius 2 is 2.14 bits per heavy atom. The lowest BCUT2D eigenvalue weighted by Gasteiger charge is -2.07. The Kier molecular flexibility index (Phi) is 4.68. The van der Waals surface area contributed by atoms with Crippen LogP contribution in [-0.4, -0.2) is 30.4 Å². The van der Waals surface area contributed by atoms with Crippen LogP contribution >= 0.6 is 11.6 Å². The number of sulfone groups is 1. The van der Waals surface area contributed by atoms with E-state index in [0.29, 0.717) is 0 Å². The Morgan fingerprint density at radius 1 is 1.41 bits per heavy atom. The first-order valence-corrected chi connectivity index (χ1v) is 8.50. The van der Waals surface area contributed by atoms with Crippen LogP contribution in [0.4, 0.5) is 5.69 Å². The van der Waals surface area contributed by atoms with Crippen LogP contribution in [0.2, 0.25) is 5.02 Å². The highest BCUT2D eigenvalue weighted by molar-refractivity contribution is 7.90. The van der Waals surface area contributed by atoms with Gasteiger partial charge in [0.1, 0.15) is 0 Å². The van der Waals surface area contributed by atoms with Gasteiger partial charge in [-0.25, -0.2) is 8.42 Å². The second-order valence-corrected chi connectivity index (χ2v) is 7.11. The molecule has 1 heterocycles. The molecule has 0 atom stereocenters. The van der Waals surface area contributed by atoms with Crippen molar-refractivity contribution in [1.29, 1.82) is 0 Å². The standard InChI is InChI=1S/C14H14ClN3O3S/c1-18-9-10(8-16-18)3-6-14(19)17-13-7-11(22(2,20)21)4-5-12(13)15/h3-9H,1-2H3,(H,17,19). The summed E-state index contributed by atoms with van der Waals surface area (Å²) in [6.45, 7) is 0. The zero-order chi connectivity index (χ0) is 16.3. The average molecular weight is 340 g/mol. The van der Waals surface area contributed by atoms with Gasteiger partial charge in [0.15, 0.2) is 9.84 Å². The molecule has 0 unspecified atom stereocenters. The maximum absolute atomic E-state index is 11.9. The maximum atomic E-state index is 11.9. The van der Waals surface area contributed by atoms with E-state index in [0.717, 1.165) is 11.8 Å². The molecule has 8 heteroatoms. The minimum Gasteiger partial charge on any atom is -0.321 e. The van der Waals surface area contributed by atoms with Crippen LogP contribution in [0.1, 0.15) is 5.56 Å². The molecule has 1 amide bonds. The van der Waals surface area contributed by atoms with Crippen molar-refractivity contribution in [3.05, 3.63) is 47.3 Å². The fourth-order valence-electron chi connectivity index (χ4n) is 1.70. The highest BCUT2D eigenvalue weighted by Crippen LogP contribution is 2.25. The second kappa shape index (κ2) is 6.33. The molecule has 0 bridgehead atoms. The molecule has 2 rings (SSSR count). The van der Waals surface area contributed by atoms with Gasteiger partial charge >= 0.3 is 0 Å². The number of hydrogen-bond acceptors (Lipinski definition) is 4. The Bertz CT molecular complexity index is 841. The third-order valence-corrected chi connectivity index (χ3v) is 4.22. The number of nitrogens with zero attached hydrogens (tertiary/aromatic N) is 2. The Labute approximate surface area is 133 Å². The number of halogens is 1. The van der Waals surface area contributed by atoms with Crippen LogP contribution in [0.25, 0.3) is 6.08 Å². The quantitative estimate of drug-likeness (QED) is 0.865. The Balaban J connectivity index is 2.16. The average Bonchev–Trinajstić information content (AvgIpc) is 2.83. The van der Waals surface area contributed by atoms with Gasteiger partial charge in [0.05, 0.1) is 21.8 Å². The molecule has 0 aliphatic heterocycles. The number of hydrogen-bond donors (Lipinski definition) is 1. The topological polar surface area (TPSA) is 81.1 Å². The summed E-state index contributed by atoms with van der Waals surface area (Å²) < 4.78 is 24.6. The summed E-state index contributed by atoms with van der Waals surface area (Å²) >= 11 is 5.96. The molecule has 116 valence electrons. The zero-order valence-corrected chi connectivity index (χ0v) is 13.5. The SMILES string of the molecule is Cn1cc(C=CC(=O)Nc2cc(S(C)(=O)=O)ccc2Cl)cn1. The first-order valence-electron chi connectivity index (χ1n) is 6.23. The van der Waals surface area contributed by atoms with Crippen molar-refractivity contribution >= 4 is 39.1 Å². The van der Waals surface area contributed by atoms with E-state index in [-0.39, 0.29) is 15.6 Å². The number of aryl methyl sites for hydroxylation is 1. The molecule has 6 nitrogen and oxygen atoms in total. The summed E-state index contributed by atoms with van der Waals surface area (Å²) in [7, 11) is -1.60. The third-order valence-electron chi connectivity index (χ3n) is 2.78. The van der Waals surface area contributed by atoms with Gasteiger partial charge in [-0.3, -0.25) is 9.48 Å². The van der Waals surface area contributed by atoms with E-state index in [1.54, 1.807) is 30.2 Å². The van der Waals surface area contributed by atoms with Gasteiger partial charge in [-0.2, -0.15) is 5.10 Å². The number of anilines is 1. The van der Waals surface area contributed by atoms with E-state index in [2.05, 4.69) is 10.4 Å². The zero-order valence-electron chi connectivity index (χ0n) is 11.9. The number of benzene rings is 1. The first-order chi connectivity index (χ1) is 10.3. The summed E-state index contributed by atoms with van der Waals surface area (Å²) in [4.78, 5) is 12.0. The predicted molar refractivity (Wildman–Crippen MR) is 85.4 cm³/mol. The van der Waals surface area contributed by atoms with E-state index < -0.39 is 15.7 Å². The number of amides is 1. The molecule has 1 N–H and O–H groups in total. The van der Waals surface area contributed by atoms with E-state index in [4.69, 9.17) is 11.6 Å². The molecule has 0 aliphatic rings. The number of nitrogens with one attached hydrogen (secondary N) is 1. The summed E-state index contributed by atoms with van der Waals surface area (Å²) in [5.74, 6) is -0.420. The molecule has 0 fully saturated rings. The van der Waals surface area contributed by atoms with Crippen molar-refractivity contribution in [3.8, 4) is 0 Å². The van der Waals surface area contributed by atoms with Crippen LogP contribution in [0, 0.1) is 0 Å². The van der Waals surface area contributed by atoms with Gasteiger partial charge < -0.3 is 5.32 Å². The fraction of sp³-hybridized carbons (Fsp3) is 0.143. The smallest absolute Gasteiger partial charge is 0.248 e. The van der Waals surface area contributed by atoms with E-state index in [1.807, 2.05) is 0 Å². The van der Waals surface area contributed by atoms with Crippen molar-refractivity contribution in [2.45, 2.75) is 4.90 Å². The van der Waals surface area contributed by atoms with Crippen LogP contribution in [-0.2, 0) is 21.7 Å². The first kappa shape index (κ1) is 16.3. The van der Waals surface area contributed by atoms with Crippen LogP contribution in [0.3, 0.4) is 0 Å². The predicted octanol–water partition coefficient (Wildman–Crippen LogP) is 2.13. The minimum atomic E-state index is -3.37. The number of aromatic nitrogens is 2. The summed E-state index contributed by atoms with van der Waals surface area (Å²) in [5, 5.41) is 6.79. The highest BCUT2D eigenvalue weighted by atomic mass is 35.5. The second-order valence-electron chi connectivity index (χ2n) is 4.68. The molecule has 0 radical (unpaired) electrons. The normalized spacial score (nSPS) is 11.8. The van der Waals surface area contributed by atoms with Crippen molar-refractivity contribution in [2.75, 3.05) is 11.6 Å². The summed E-state index contributed by atoms with van der Waals surface area (Å²) in [6, 6.07) is 4.14. The van der Waals surface area contributed by atoms with Gasteiger partial charge in [0.25, 0.3) is 0 Å². The molecule has 2 aromatic rings. The summed E-state index contributed by atoms with van der Waals surface area (Å²) in [6.07, 6.45) is 7.36. The van der Waals surface area contributed by atoms with Gasteiger partial charge in [0.2, 0.25) is 5.91 Å². The van der Waals surface area contributed by atoms with Gasteiger partial charge in [0, 0.05) is 31.1 Å². The van der Waals surface area contributed by atoms with Gasteiger partial charge in [-0.1, -0.05) is 11.6 Å². The lowest BCUT2D eigenvalue weighted by molar-refractivity contribution is -0.111. The molecular weight excluding hydrogens is 326 g/mol. The van der Waals surface area contributed by atoms with Crippen molar-refractivity contribution < 1.29 is 13.2 Å². The largest absolute Gasteiger partial charge is 0.321 e. The maximum Gasteiger partial charge on any atom is 0.248 e. The molecule has 1 aromatic carbocycles. The molecular formula is C14H14ClN3O3S. The molecule has 0 saturated carbocycles. The summed E-state index contributed by atoms with van der Waals surface area (Å²) in [5.41, 5.74) is 1.01. The van der Waals surface area contributed by atoms with Crippen molar-refractivity contribution in [2.24, 2.45) is 7.05 Å². The van der Waals surface area contributed by atoms with E-state index in [1.165, 1.54) is 24.3 Å². The van der Waals surface area contributed by atoms with Crippen molar-refractivity contribution in [1.82, 2.24) is 9.78 Å². The van der Waals surface area contributed by atoms with Crippen LogP contribution < -0.4 is 5.32 Å². The molecule has 0 aliphatic carbocycles. The van der Waals surface area contributed by atoms with Gasteiger partial charge in [-0.15, -0.1) is 0 Å². The number of carbonyl (C=O) groups excluding carboxylic acids is 1. The van der Waals surface area contributed by atoms with E-state index >= 15 is 0 Å². The molecule has 22 heavy (non-hydrogen) atoms. The number of rotatable bonds is 4.